The van der Waals surface area contributed by atoms with Gasteiger partial charge in [0.25, 0.3) is 0 Å². The van der Waals surface area contributed by atoms with Gasteiger partial charge in [-0.15, -0.1) is 0 Å². The summed E-state index contributed by atoms with van der Waals surface area (Å²) in [5.74, 6) is 0. The van der Waals surface area contributed by atoms with Crippen molar-refractivity contribution in [2.24, 2.45) is 0 Å². The fourth-order valence-electron chi connectivity index (χ4n) is 3.14. The molecule has 0 aliphatic rings. The molecule has 1 heterocycles. The van der Waals surface area contributed by atoms with Crippen molar-refractivity contribution in [2.45, 2.75) is 6.10 Å². The Hall–Kier alpha value is -2.98. The Morgan fingerprint density at radius 2 is 1.31 bits per heavy atom. The van der Waals surface area contributed by atoms with Crippen molar-refractivity contribution in [1.29, 1.82) is 0 Å². The van der Waals surface area contributed by atoms with Gasteiger partial charge in [-0.25, -0.2) is 0 Å². The molecule has 4 rings (SSSR count). The molecule has 3 nitrogen and oxygen atoms in total. The number of halogens is 1. The molecule has 0 saturated carbocycles. The molecule has 4 heteroatoms. The first kappa shape index (κ1) is 23.7. The molecule has 32 heavy (non-hydrogen) atoms. The number of pyridine rings is 1. The van der Waals surface area contributed by atoms with Crippen LogP contribution in [0.5, 0.6) is 0 Å². The fourth-order valence-corrected chi connectivity index (χ4v) is 3.26. The number of hydrogen-bond donors (Lipinski definition) is 0. The SMILES string of the molecule is CN(C)CCOC(c1ccc(Cl)cc1)c1ccccn1.c1ccc(-c2ccccc2)cc1. The Balaban J connectivity index is 0.000000204. The first-order valence-corrected chi connectivity index (χ1v) is 11.0. The van der Waals surface area contributed by atoms with E-state index in [2.05, 4.69) is 58.4 Å². The maximum absolute atomic E-state index is 6.02. The van der Waals surface area contributed by atoms with E-state index in [1.165, 1.54) is 11.1 Å². The molecule has 1 atom stereocenters. The highest BCUT2D eigenvalue weighted by Gasteiger charge is 2.15. The van der Waals surface area contributed by atoms with Gasteiger partial charge in [-0.2, -0.15) is 0 Å². The summed E-state index contributed by atoms with van der Waals surface area (Å²) >= 11 is 5.95. The molecule has 0 aliphatic heterocycles. The predicted molar refractivity (Wildman–Crippen MR) is 134 cm³/mol. The summed E-state index contributed by atoms with van der Waals surface area (Å²) in [7, 11) is 4.06. The largest absolute Gasteiger partial charge is 0.366 e. The van der Waals surface area contributed by atoms with Crippen LogP contribution in [-0.2, 0) is 4.74 Å². The van der Waals surface area contributed by atoms with Crippen molar-refractivity contribution in [2.75, 3.05) is 27.2 Å². The second kappa shape index (κ2) is 12.8. The number of likely N-dealkylation sites (N-methyl/N-ethyl adjacent to an activating group) is 1. The summed E-state index contributed by atoms with van der Waals surface area (Å²) < 4.78 is 6.02. The molecule has 4 aromatic rings. The van der Waals surface area contributed by atoms with Crippen LogP contribution in [0.25, 0.3) is 11.1 Å². The summed E-state index contributed by atoms with van der Waals surface area (Å²) in [5, 5.41) is 0.724. The lowest BCUT2D eigenvalue weighted by atomic mass is 10.1. The molecule has 0 saturated heterocycles. The molecule has 0 radical (unpaired) electrons. The van der Waals surface area contributed by atoms with Crippen LogP contribution in [0.2, 0.25) is 5.02 Å². The molecule has 0 amide bonds. The third kappa shape index (κ3) is 7.61. The van der Waals surface area contributed by atoms with Gasteiger partial charge in [-0.3, -0.25) is 4.98 Å². The first-order valence-electron chi connectivity index (χ1n) is 10.7. The quantitative estimate of drug-likeness (QED) is 0.315. The van der Waals surface area contributed by atoms with E-state index in [9.17, 15) is 0 Å². The molecule has 0 spiro atoms. The maximum Gasteiger partial charge on any atom is 0.124 e. The lowest BCUT2D eigenvalue weighted by Gasteiger charge is -2.19. The Morgan fingerprint density at radius 3 is 1.81 bits per heavy atom. The van der Waals surface area contributed by atoms with Crippen molar-refractivity contribution in [3.8, 4) is 11.1 Å². The summed E-state index contributed by atoms with van der Waals surface area (Å²) in [4.78, 5) is 6.50. The van der Waals surface area contributed by atoms with Crippen LogP contribution in [0.4, 0.5) is 0 Å². The lowest BCUT2D eigenvalue weighted by molar-refractivity contribution is 0.0662. The van der Waals surface area contributed by atoms with Gasteiger partial charge < -0.3 is 9.64 Å². The summed E-state index contributed by atoms with van der Waals surface area (Å²) in [6.07, 6.45) is 1.63. The van der Waals surface area contributed by atoms with E-state index in [1.54, 1.807) is 6.20 Å². The minimum Gasteiger partial charge on any atom is -0.366 e. The van der Waals surface area contributed by atoms with Gasteiger partial charge in [0.1, 0.15) is 6.10 Å². The minimum atomic E-state index is -0.159. The number of ether oxygens (including phenoxy) is 1. The van der Waals surface area contributed by atoms with E-state index in [4.69, 9.17) is 16.3 Å². The number of hydrogen-bond acceptors (Lipinski definition) is 3. The maximum atomic E-state index is 6.02. The Bertz CT molecular complexity index is 986. The zero-order valence-electron chi connectivity index (χ0n) is 18.6. The Labute approximate surface area is 196 Å². The van der Waals surface area contributed by atoms with Crippen molar-refractivity contribution < 1.29 is 4.74 Å². The average molecular weight is 445 g/mol. The van der Waals surface area contributed by atoms with Crippen LogP contribution < -0.4 is 0 Å². The van der Waals surface area contributed by atoms with Crippen molar-refractivity contribution in [3.05, 3.63) is 126 Å². The molecular formula is C28H29ClN2O. The standard InChI is InChI=1S/C16H19ClN2O.C12H10/c1-19(2)11-12-20-16(15-5-3-4-10-18-15)13-6-8-14(17)9-7-13;1-3-7-11(8-4-1)12-9-5-2-6-10-12/h3-10,16H,11-12H2,1-2H3;1-10H. The van der Waals surface area contributed by atoms with Crippen LogP contribution in [0.3, 0.4) is 0 Å². The van der Waals surface area contributed by atoms with Crippen LogP contribution in [0.15, 0.2) is 109 Å². The number of rotatable bonds is 7. The number of nitrogens with zero attached hydrogens (tertiary/aromatic N) is 2. The molecule has 3 aromatic carbocycles. The molecule has 0 bridgehead atoms. The molecule has 0 fully saturated rings. The third-order valence-corrected chi connectivity index (χ3v) is 5.09. The van der Waals surface area contributed by atoms with Crippen molar-refractivity contribution in [1.82, 2.24) is 9.88 Å². The van der Waals surface area contributed by atoms with Crippen LogP contribution >= 0.6 is 11.6 Å². The van der Waals surface area contributed by atoms with E-state index < -0.39 is 0 Å². The molecule has 1 unspecified atom stereocenters. The minimum absolute atomic E-state index is 0.159. The normalized spacial score (nSPS) is 11.5. The van der Waals surface area contributed by atoms with Gasteiger partial charge in [0.05, 0.1) is 12.3 Å². The predicted octanol–water partition coefficient (Wildman–Crippen LogP) is 6.76. The van der Waals surface area contributed by atoms with Crippen LogP contribution in [0.1, 0.15) is 17.4 Å². The summed E-state index contributed by atoms with van der Waals surface area (Å²) in [5.41, 5.74) is 4.52. The highest BCUT2D eigenvalue weighted by Crippen LogP contribution is 2.25. The second-order valence-electron chi connectivity index (χ2n) is 7.59. The highest BCUT2D eigenvalue weighted by molar-refractivity contribution is 6.30. The zero-order valence-corrected chi connectivity index (χ0v) is 19.3. The van der Waals surface area contributed by atoms with Crippen molar-refractivity contribution in [3.63, 3.8) is 0 Å². The molecule has 164 valence electrons. The number of benzene rings is 3. The smallest absolute Gasteiger partial charge is 0.124 e. The highest BCUT2D eigenvalue weighted by atomic mass is 35.5. The Morgan fingerprint density at radius 1 is 0.750 bits per heavy atom. The van der Waals surface area contributed by atoms with Gasteiger partial charge in [-0.1, -0.05) is 90.5 Å². The van der Waals surface area contributed by atoms with E-state index in [1.807, 2.05) is 68.7 Å². The lowest BCUT2D eigenvalue weighted by Crippen LogP contribution is -2.20. The van der Waals surface area contributed by atoms with E-state index in [-0.39, 0.29) is 6.10 Å². The van der Waals surface area contributed by atoms with Gasteiger partial charge in [0.2, 0.25) is 0 Å². The zero-order chi connectivity index (χ0) is 22.6. The van der Waals surface area contributed by atoms with Gasteiger partial charge in [0.15, 0.2) is 0 Å². The van der Waals surface area contributed by atoms with Crippen LogP contribution in [0, 0.1) is 0 Å². The van der Waals surface area contributed by atoms with Gasteiger partial charge in [-0.05, 0) is 55.1 Å². The van der Waals surface area contributed by atoms with Crippen molar-refractivity contribution >= 4 is 11.6 Å². The molecule has 0 aliphatic carbocycles. The monoisotopic (exact) mass is 444 g/mol. The number of aromatic nitrogens is 1. The average Bonchev–Trinajstić information content (AvgIpc) is 2.85. The van der Waals surface area contributed by atoms with Crippen LogP contribution in [-0.4, -0.2) is 37.1 Å². The fraction of sp³-hybridized carbons (Fsp3) is 0.179. The molecule has 0 N–H and O–H groups in total. The first-order chi connectivity index (χ1) is 15.6. The van der Waals surface area contributed by atoms with E-state index >= 15 is 0 Å². The Kier molecular flexibility index (Phi) is 9.45. The van der Waals surface area contributed by atoms with Gasteiger partial charge >= 0.3 is 0 Å². The third-order valence-electron chi connectivity index (χ3n) is 4.83. The van der Waals surface area contributed by atoms with E-state index in [0.29, 0.717) is 6.61 Å². The van der Waals surface area contributed by atoms with Gasteiger partial charge in [0, 0.05) is 17.8 Å². The topological polar surface area (TPSA) is 25.4 Å². The molecule has 1 aromatic heterocycles. The molecular weight excluding hydrogens is 416 g/mol. The summed E-state index contributed by atoms with van der Waals surface area (Å²) in [6.45, 7) is 1.52. The van der Waals surface area contributed by atoms with E-state index in [0.717, 1.165) is 22.8 Å². The summed E-state index contributed by atoms with van der Waals surface area (Å²) in [6, 6.07) is 34.4. The second-order valence-corrected chi connectivity index (χ2v) is 8.03.